The molecule has 1 heterocycles. The maximum absolute atomic E-state index is 12.7. The highest BCUT2D eigenvalue weighted by Gasteiger charge is 2.36. The van der Waals surface area contributed by atoms with Crippen LogP contribution < -0.4 is 5.32 Å². The molecular formula is C21H23NO3. The standard InChI is InChI=1S/C21H23NO3/c1-2-3-4-5-7-14-8-6-9-17-18(14)13-16(20(17)24)12-15-10-11-19(23)22-21(15)25/h6,8-9,15-16H,2-4,10-13H2,1H3,(H,22,23,25). The SMILES string of the molecule is CCCCC#Cc1cccc2c1CC(CC1CCC(=O)NC1=O)C2=O. The van der Waals surface area contributed by atoms with Gasteiger partial charge in [0.15, 0.2) is 5.78 Å². The monoisotopic (exact) mass is 337 g/mol. The number of piperidine rings is 1. The van der Waals surface area contributed by atoms with Gasteiger partial charge in [-0.15, -0.1) is 0 Å². The van der Waals surface area contributed by atoms with Crippen LogP contribution in [0, 0.1) is 23.7 Å². The van der Waals surface area contributed by atoms with Gasteiger partial charge in [0.2, 0.25) is 11.8 Å². The topological polar surface area (TPSA) is 63.2 Å². The van der Waals surface area contributed by atoms with Crippen molar-refractivity contribution in [3.05, 3.63) is 34.9 Å². The number of unbranched alkanes of at least 4 members (excludes halogenated alkanes) is 2. The molecule has 0 saturated carbocycles. The molecule has 0 bridgehead atoms. The number of benzene rings is 1. The van der Waals surface area contributed by atoms with Crippen LogP contribution in [0.5, 0.6) is 0 Å². The van der Waals surface area contributed by atoms with Crippen LogP contribution in [0.1, 0.15) is 66.9 Å². The van der Waals surface area contributed by atoms with Crippen LogP contribution in [0.15, 0.2) is 18.2 Å². The number of hydrogen-bond acceptors (Lipinski definition) is 3. The van der Waals surface area contributed by atoms with E-state index >= 15 is 0 Å². The zero-order valence-corrected chi connectivity index (χ0v) is 14.6. The van der Waals surface area contributed by atoms with Gasteiger partial charge in [0, 0.05) is 35.8 Å². The van der Waals surface area contributed by atoms with E-state index in [1.165, 1.54) is 0 Å². The number of rotatable bonds is 4. The van der Waals surface area contributed by atoms with E-state index in [9.17, 15) is 14.4 Å². The van der Waals surface area contributed by atoms with Crippen molar-refractivity contribution < 1.29 is 14.4 Å². The molecule has 1 aromatic carbocycles. The second-order valence-electron chi connectivity index (χ2n) is 6.89. The minimum atomic E-state index is -0.250. The fraction of sp³-hybridized carbons (Fsp3) is 0.476. The zero-order valence-electron chi connectivity index (χ0n) is 14.6. The van der Waals surface area contributed by atoms with Crippen molar-refractivity contribution in [1.82, 2.24) is 5.32 Å². The Hall–Kier alpha value is -2.41. The molecule has 25 heavy (non-hydrogen) atoms. The van der Waals surface area contributed by atoms with Gasteiger partial charge in [0.25, 0.3) is 0 Å². The van der Waals surface area contributed by atoms with Gasteiger partial charge in [-0.25, -0.2) is 0 Å². The molecule has 0 spiro atoms. The van der Waals surface area contributed by atoms with E-state index < -0.39 is 0 Å². The first-order valence-corrected chi connectivity index (χ1v) is 9.08. The van der Waals surface area contributed by atoms with E-state index in [1.807, 2.05) is 18.2 Å². The molecule has 130 valence electrons. The summed E-state index contributed by atoms with van der Waals surface area (Å²) in [5.41, 5.74) is 2.71. The number of imide groups is 1. The van der Waals surface area contributed by atoms with E-state index in [1.54, 1.807) is 0 Å². The summed E-state index contributed by atoms with van der Waals surface area (Å²) in [5, 5.41) is 2.38. The van der Waals surface area contributed by atoms with Crippen molar-refractivity contribution >= 4 is 17.6 Å². The van der Waals surface area contributed by atoms with Gasteiger partial charge in [-0.2, -0.15) is 0 Å². The molecule has 2 atom stereocenters. The molecule has 1 N–H and O–H groups in total. The summed E-state index contributed by atoms with van der Waals surface area (Å²) in [7, 11) is 0. The summed E-state index contributed by atoms with van der Waals surface area (Å²) >= 11 is 0. The van der Waals surface area contributed by atoms with E-state index in [2.05, 4.69) is 24.1 Å². The van der Waals surface area contributed by atoms with Crippen LogP contribution in [0.25, 0.3) is 0 Å². The van der Waals surface area contributed by atoms with E-state index in [-0.39, 0.29) is 29.4 Å². The molecular weight excluding hydrogens is 314 g/mol. The van der Waals surface area contributed by atoms with Crippen molar-refractivity contribution in [3.8, 4) is 11.8 Å². The second kappa shape index (κ2) is 7.65. The number of fused-ring (bicyclic) bond motifs is 1. The highest BCUT2D eigenvalue weighted by molar-refractivity contribution is 6.03. The lowest BCUT2D eigenvalue weighted by atomic mass is 9.86. The molecule has 3 rings (SSSR count). The molecule has 4 heteroatoms. The number of carbonyl (C=O) groups excluding carboxylic acids is 3. The average Bonchev–Trinajstić information content (AvgIpc) is 2.91. The number of hydrogen-bond donors (Lipinski definition) is 1. The lowest BCUT2D eigenvalue weighted by molar-refractivity contribution is -0.136. The smallest absolute Gasteiger partial charge is 0.229 e. The van der Waals surface area contributed by atoms with Gasteiger partial charge in [-0.05, 0) is 37.3 Å². The summed E-state index contributed by atoms with van der Waals surface area (Å²) in [6.45, 7) is 2.14. The van der Waals surface area contributed by atoms with Gasteiger partial charge >= 0.3 is 0 Å². The van der Waals surface area contributed by atoms with Gasteiger partial charge < -0.3 is 0 Å². The molecule has 0 radical (unpaired) electrons. The first-order chi connectivity index (χ1) is 12.1. The van der Waals surface area contributed by atoms with Gasteiger partial charge in [-0.3, -0.25) is 19.7 Å². The first kappa shape index (κ1) is 17.4. The number of amides is 2. The van der Waals surface area contributed by atoms with Gasteiger partial charge in [0.05, 0.1) is 0 Å². The van der Waals surface area contributed by atoms with E-state index in [4.69, 9.17) is 0 Å². The van der Waals surface area contributed by atoms with Crippen LogP contribution in [-0.4, -0.2) is 17.6 Å². The molecule has 1 aliphatic carbocycles. The summed E-state index contributed by atoms with van der Waals surface area (Å²) in [6.07, 6.45) is 5.12. The third-order valence-electron chi connectivity index (χ3n) is 5.06. The zero-order chi connectivity index (χ0) is 17.8. The fourth-order valence-electron chi connectivity index (χ4n) is 3.63. The Balaban J connectivity index is 1.73. The van der Waals surface area contributed by atoms with Gasteiger partial charge in [0.1, 0.15) is 0 Å². The molecule has 1 saturated heterocycles. The minimum absolute atomic E-state index is 0.108. The van der Waals surface area contributed by atoms with E-state index in [0.717, 1.165) is 36.0 Å². The Bertz CT molecular complexity index is 769. The summed E-state index contributed by atoms with van der Waals surface area (Å²) in [6, 6.07) is 5.72. The van der Waals surface area contributed by atoms with Crippen LogP contribution in [-0.2, 0) is 16.0 Å². The highest BCUT2D eigenvalue weighted by atomic mass is 16.2. The van der Waals surface area contributed by atoms with Crippen molar-refractivity contribution in [3.63, 3.8) is 0 Å². The Morgan fingerprint density at radius 1 is 1.20 bits per heavy atom. The number of carbonyl (C=O) groups is 3. The molecule has 1 aromatic rings. The highest BCUT2D eigenvalue weighted by Crippen LogP contribution is 2.34. The third kappa shape index (κ3) is 3.82. The molecule has 2 amide bonds. The first-order valence-electron chi connectivity index (χ1n) is 9.08. The minimum Gasteiger partial charge on any atom is -0.296 e. The Morgan fingerprint density at radius 3 is 2.80 bits per heavy atom. The Labute approximate surface area is 148 Å². The Morgan fingerprint density at radius 2 is 2.04 bits per heavy atom. The van der Waals surface area contributed by atoms with Crippen LogP contribution in [0.4, 0.5) is 0 Å². The molecule has 2 aliphatic rings. The maximum atomic E-state index is 12.7. The van der Waals surface area contributed by atoms with Crippen molar-refractivity contribution in [2.24, 2.45) is 11.8 Å². The van der Waals surface area contributed by atoms with Crippen molar-refractivity contribution in [2.45, 2.75) is 51.9 Å². The van der Waals surface area contributed by atoms with Crippen molar-refractivity contribution in [2.75, 3.05) is 0 Å². The number of nitrogens with one attached hydrogen (secondary N) is 1. The van der Waals surface area contributed by atoms with Crippen LogP contribution >= 0.6 is 0 Å². The predicted molar refractivity (Wildman–Crippen MR) is 94.9 cm³/mol. The van der Waals surface area contributed by atoms with Crippen LogP contribution in [0.3, 0.4) is 0 Å². The summed E-state index contributed by atoms with van der Waals surface area (Å²) < 4.78 is 0. The average molecular weight is 337 g/mol. The number of ketones is 1. The molecule has 2 unspecified atom stereocenters. The summed E-state index contributed by atoms with van der Waals surface area (Å²) in [5.74, 6) is 5.63. The summed E-state index contributed by atoms with van der Waals surface area (Å²) in [4.78, 5) is 36.0. The number of Topliss-reactive ketones (excluding diaryl/α,β-unsaturated/α-hetero) is 1. The molecule has 4 nitrogen and oxygen atoms in total. The lowest BCUT2D eigenvalue weighted by Crippen LogP contribution is -2.41. The Kier molecular flexibility index (Phi) is 5.33. The molecule has 1 aliphatic heterocycles. The second-order valence-corrected chi connectivity index (χ2v) is 6.89. The normalized spacial score (nSPS) is 22.2. The van der Waals surface area contributed by atoms with Crippen LogP contribution in [0.2, 0.25) is 0 Å². The molecule has 1 fully saturated rings. The lowest BCUT2D eigenvalue weighted by Gasteiger charge is -2.22. The van der Waals surface area contributed by atoms with E-state index in [0.29, 0.717) is 25.7 Å². The van der Waals surface area contributed by atoms with Gasteiger partial charge in [-0.1, -0.05) is 37.3 Å². The van der Waals surface area contributed by atoms with Crippen molar-refractivity contribution in [1.29, 1.82) is 0 Å². The molecule has 0 aromatic heterocycles. The maximum Gasteiger partial charge on any atom is 0.229 e. The predicted octanol–water partition coefficient (Wildman–Crippen LogP) is 3.03. The fourth-order valence-corrected chi connectivity index (χ4v) is 3.63. The quantitative estimate of drug-likeness (QED) is 0.522. The third-order valence-corrected chi connectivity index (χ3v) is 5.06. The largest absolute Gasteiger partial charge is 0.296 e.